The monoisotopic (exact) mass is 620 g/mol. The Morgan fingerprint density at radius 3 is 1.74 bits per heavy atom. The van der Waals surface area contributed by atoms with E-state index in [1.165, 1.54) is 0 Å². The lowest BCUT2D eigenvalue weighted by Gasteiger charge is -2.09. The van der Waals surface area contributed by atoms with Crippen LogP contribution in [0.1, 0.15) is 0 Å². The maximum Gasteiger partial charge on any atom is 0.293 e. The molecule has 1 N–H and O–H groups in total. The summed E-state index contributed by atoms with van der Waals surface area (Å²) in [7, 11) is 3.28. The molecule has 0 amide bonds. The Balaban J connectivity index is 0.000000164. The molecule has 1 aromatic heterocycles. The smallest absolute Gasteiger partial charge is 0.293 e. The van der Waals surface area contributed by atoms with E-state index in [0.717, 1.165) is 56.2 Å². The summed E-state index contributed by atoms with van der Waals surface area (Å²) in [5, 5.41) is 14.5. The Morgan fingerprint density at radius 1 is 0.638 bits per heavy atom. The number of hydrogen-bond donors (Lipinski definition) is 1. The largest absolute Gasteiger partial charge is 0.497 e. The minimum atomic E-state index is -0.377. The highest BCUT2D eigenvalue weighted by molar-refractivity contribution is 5.83. The number of fused-ring (bicyclic) bond motifs is 1. The summed E-state index contributed by atoms with van der Waals surface area (Å²) >= 11 is 0. The molecule has 0 aliphatic carbocycles. The summed E-state index contributed by atoms with van der Waals surface area (Å²) in [5.41, 5.74) is 8.49. The summed E-state index contributed by atoms with van der Waals surface area (Å²) in [6.45, 7) is 0. The molecule has 7 rings (SSSR count). The first-order valence-corrected chi connectivity index (χ1v) is 14.9. The molecule has 0 aliphatic heterocycles. The summed E-state index contributed by atoms with van der Waals surface area (Å²) in [5.74, 6) is 1.61. The van der Waals surface area contributed by atoms with Gasteiger partial charge in [-0.15, -0.1) is 0 Å². The minimum Gasteiger partial charge on any atom is -0.497 e. The van der Waals surface area contributed by atoms with Gasteiger partial charge in [0, 0.05) is 17.4 Å². The van der Waals surface area contributed by atoms with Crippen molar-refractivity contribution < 1.29 is 14.4 Å². The second-order valence-corrected chi connectivity index (χ2v) is 10.6. The van der Waals surface area contributed by atoms with Crippen LogP contribution in [0.25, 0.3) is 39.0 Å². The lowest BCUT2D eigenvalue weighted by molar-refractivity contribution is -0.383. The summed E-state index contributed by atoms with van der Waals surface area (Å²) in [4.78, 5) is 15.6. The molecule has 0 bridgehead atoms. The molecule has 8 nitrogen and oxygen atoms in total. The zero-order valence-corrected chi connectivity index (χ0v) is 25.9. The first-order valence-electron chi connectivity index (χ1n) is 14.9. The Hall–Kier alpha value is -6.41. The number of anilines is 2. The number of nitro benzene ring substituents is 1. The first-order chi connectivity index (χ1) is 23.0. The van der Waals surface area contributed by atoms with Gasteiger partial charge in [-0.3, -0.25) is 14.7 Å². The highest BCUT2D eigenvalue weighted by atomic mass is 16.6. The van der Waals surface area contributed by atoms with E-state index in [4.69, 9.17) is 9.47 Å². The van der Waals surface area contributed by atoms with Crippen molar-refractivity contribution in [3.63, 3.8) is 0 Å². The molecular weight excluding hydrogens is 588 g/mol. The molecule has 8 heteroatoms. The summed E-state index contributed by atoms with van der Waals surface area (Å²) in [6, 6.07) is 46.6. The van der Waals surface area contributed by atoms with Gasteiger partial charge in [0.2, 0.25) is 0 Å². The fourth-order valence-electron chi connectivity index (χ4n) is 5.20. The molecule has 6 aromatic carbocycles. The first kappa shape index (κ1) is 30.6. The molecule has 7 aromatic rings. The predicted octanol–water partition coefficient (Wildman–Crippen LogP) is 9.72. The van der Waals surface area contributed by atoms with Crippen LogP contribution in [-0.4, -0.2) is 28.7 Å². The van der Waals surface area contributed by atoms with Crippen LogP contribution in [0, 0.1) is 10.1 Å². The molecular formula is C39H32N4O4. The molecule has 47 heavy (non-hydrogen) atoms. The summed E-state index contributed by atoms with van der Waals surface area (Å²) in [6.07, 6.45) is 1.87. The highest BCUT2D eigenvalue weighted by Crippen LogP contribution is 2.33. The molecule has 0 saturated heterocycles. The SMILES string of the molecule is COc1ccc(-c2ccc(Nc3ccccc3)c([N+](=O)[O-])c2)cc1.COc1ccc(-c2ccc3c(c2)ncn3-c2ccccc2)cc1. The van der Waals surface area contributed by atoms with Crippen molar-refractivity contribution in [1.29, 1.82) is 0 Å². The van der Waals surface area contributed by atoms with Gasteiger partial charge in [-0.1, -0.05) is 72.8 Å². The Bertz CT molecular complexity index is 2090. The van der Waals surface area contributed by atoms with E-state index in [2.05, 4.69) is 57.3 Å². The number of nitrogens with zero attached hydrogens (tertiary/aromatic N) is 3. The average Bonchev–Trinajstić information content (AvgIpc) is 3.56. The van der Waals surface area contributed by atoms with Crippen LogP contribution in [0.3, 0.4) is 0 Å². The van der Waals surface area contributed by atoms with Crippen molar-refractivity contribution >= 4 is 28.1 Å². The molecule has 0 atom stereocenters. The predicted molar refractivity (Wildman–Crippen MR) is 188 cm³/mol. The van der Waals surface area contributed by atoms with Gasteiger partial charge in [0.15, 0.2) is 0 Å². The maximum atomic E-state index is 11.4. The number of benzene rings is 6. The molecule has 0 aliphatic rings. The van der Waals surface area contributed by atoms with E-state index in [0.29, 0.717) is 5.69 Å². The Kier molecular flexibility index (Phi) is 9.20. The third kappa shape index (κ3) is 7.13. The standard InChI is InChI=1S/C20H16N2O.C19H16N2O3/c1-23-18-10-7-15(8-11-18)16-9-12-20-19(13-16)21-14-22(20)17-5-3-2-4-6-17;1-24-17-10-7-14(8-11-17)15-9-12-18(19(13-15)21(22)23)20-16-5-3-2-4-6-16/h2-14H,1H3;2-13,20H,1H3. The molecule has 1 heterocycles. The number of imidazole rings is 1. The molecule has 0 fully saturated rings. The lowest BCUT2D eigenvalue weighted by atomic mass is 10.0. The topological polar surface area (TPSA) is 91.4 Å². The van der Waals surface area contributed by atoms with Gasteiger partial charge >= 0.3 is 0 Å². The van der Waals surface area contributed by atoms with E-state index in [1.807, 2.05) is 97.3 Å². The van der Waals surface area contributed by atoms with Crippen molar-refractivity contribution in [3.8, 4) is 39.4 Å². The number of ether oxygens (including phenoxy) is 2. The van der Waals surface area contributed by atoms with E-state index in [1.54, 1.807) is 26.4 Å². The van der Waals surface area contributed by atoms with Crippen LogP contribution in [0.4, 0.5) is 17.1 Å². The number of hydrogen-bond acceptors (Lipinski definition) is 6. The van der Waals surface area contributed by atoms with Crippen LogP contribution in [-0.2, 0) is 0 Å². The molecule has 0 radical (unpaired) electrons. The number of para-hydroxylation sites is 2. The van der Waals surface area contributed by atoms with Crippen LogP contribution >= 0.6 is 0 Å². The van der Waals surface area contributed by atoms with E-state index in [-0.39, 0.29) is 10.6 Å². The summed E-state index contributed by atoms with van der Waals surface area (Å²) < 4.78 is 12.5. The number of nitro groups is 1. The van der Waals surface area contributed by atoms with Crippen molar-refractivity contribution in [2.24, 2.45) is 0 Å². The molecule has 0 spiro atoms. The van der Waals surface area contributed by atoms with Crippen molar-refractivity contribution in [1.82, 2.24) is 9.55 Å². The van der Waals surface area contributed by atoms with Crippen LogP contribution in [0.2, 0.25) is 0 Å². The van der Waals surface area contributed by atoms with Crippen molar-refractivity contribution in [2.45, 2.75) is 0 Å². The molecule has 0 saturated carbocycles. The van der Waals surface area contributed by atoms with Crippen LogP contribution in [0.5, 0.6) is 11.5 Å². The van der Waals surface area contributed by atoms with Gasteiger partial charge in [0.25, 0.3) is 5.69 Å². The molecule has 0 unspecified atom stereocenters. The van der Waals surface area contributed by atoms with Crippen LogP contribution < -0.4 is 14.8 Å². The Labute approximate surface area is 272 Å². The number of rotatable bonds is 8. The van der Waals surface area contributed by atoms with Gasteiger partial charge in [-0.2, -0.15) is 0 Å². The number of aromatic nitrogens is 2. The van der Waals surface area contributed by atoms with Gasteiger partial charge in [0.05, 0.1) is 30.2 Å². The average molecular weight is 621 g/mol. The second-order valence-electron chi connectivity index (χ2n) is 10.6. The van der Waals surface area contributed by atoms with Crippen molar-refractivity contribution in [2.75, 3.05) is 19.5 Å². The molecule has 232 valence electrons. The van der Waals surface area contributed by atoms with E-state index < -0.39 is 0 Å². The maximum absolute atomic E-state index is 11.4. The van der Waals surface area contributed by atoms with Gasteiger partial charge in [-0.05, 0) is 89.0 Å². The zero-order chi connectivity index (χ0) is 32.6. The third-order valence-electron chi connectivity index (χ3n) is 7.68. The second kappa shape index (κ2) is 14.1. The minimum absolute atomic E-state index is 0.0344. The van der Waals surface area contributed by atoms with Gasteiger partial charge in [0.1, 0.15) is 23.5 Å². The number of methoxy groups -OCH3 is 2. The number of nitrogens with one attached hydrogen (secondary N) is 1. The van der Waals surface area contributed by atoms with Crippen molar-refractivity contribution in [3.05, 3.63) is 162 Å². The zero-order valence-electron chi connectivity index (χ0n) is 25.9. The fourth-order valence-corrected chi connectivity index (χ4v) is 5.20. The quantitative estimate of drug-likeness (QED) is 0.134. The Morgan fingerprint density at radius 2 is 1.17 bits per heavy atom. The van der Waals surface area contributed by atoms with Gasteiger partial charge < -0.3 is 14.8 Å². The van der Waals surface area contributed by atoms with Crippen LogP contribution in [0.15, 0.2) is 152 Å². The van der Waals surface area contributed by atoms with E-state index in [9.17, 15) is 10.1 Å². The normalized spacial score (nSPS) is 10.5. The fraction of sp³-hybridized carbons (Fsp3) is 0.0513. The highest BCUT2D eigenvalue weighted by Gasteiger charge is 2.16. The lowest BCUT2D eigenvalue weighted by Crippen LogP contribution is -1.97. The third-order valence-corrected chi connectivity index (χ3v) is 7.68. The van der Waals surface area contributed by atoms with Gasteiger partial charge in [-0.25, -0.2) is 4.98 Å². The van der Waals surface area contributed by atoms with E-state index >= 15 is 0 Å².